The second-order valence-electron chi connectivity index (χ2n) is 7.14. The van der Waals surface area contributed by atoms with Gasteiger partial charge in [0, 0.05) is 55.5 Å². The summed E-state index contributed by atoms with van der Waals surface area (Å²) in [7, 11) is 0. The zero-order chi connectivity index (χ0) is 19.5. The fourth-order valence-electron chi connectivity index (χ4n) is 3.75. The molecule has 3 amide bonds. The van der Waals surface area contributed by atoms with Crippen LogP contribution in [-0.2, 0) is 4.79 Å². The largest absolute Gasteiger partial charge is 0.368 e. The number of anilines is 2. The first-order valence-corrected chi connectivity index (χ1v) is 9.89. The molecule has 2 saturated heterocycles. The van der Waals surface area contributed by atoms with Gasteiger partial charge in [-0.2, -0.15) is 0 Å². The average molecular weight is 399 g/mol. The highest BCUT2D eigenvalue weighted by molar-refractivity contribution is 6.30. The molecular weight excluding hydrogens is 376 g/mol. The number of carbonyl (C=O) groups is 2. The van der Waals surface area contributed by atoms with Crippen molar-refractivity contribution in [3.05, 3.63) is 59.6 Å². The van der Waals surface area contributed by atoms with Gasteiger partial charge in [-0.25, -0.2) is 4.79 Å². The Bertz CT molecular complexity index is 835. The van der Waals surface area contributed by atoms with Crippen molar-refractivity contribution in [1.82, 2.24) is 10.2 Å². The molecule has 2 fully saturated rings. The molecule has 1 N–H and O–H groups in total. The molecule has 0 radical (unpaired) electrons. The van der Waals surface area contributed by atoms with Crippen LogP contribution in [0.15, 0.2) is 54.6 Å². The molecule has 7 heteroatoms. The van der Waals surface area contributed by atoms with Gasteiger partial charge in [0.1, 0.15) is 0 Å². The molecular formula is C21H23ClN4O2. The van der Waals surface area contributed by atoms with E-state index in [9.17, 15) is 9.59 Å². The van der Waals surface area contributed by atoms with Gasteiger partial charge in [0.25, 0.3) is 0 Å². The molecule has 0 bridgehead atoms. The van der Waals surface area contributed by atoms with Crippen LogP contribution in [0.2, 0.25) is 5.02 Å². The van der Waals surface area contributed by atoms with Crippen LogP contribution in [0.1, 0.15) is 6.42 Å². The second-order valence-corrected chi connectivity index (χ2v) is 7.58. The van der Waals surface area contributed by atoms with Gasteiger partial charge in [0.05, 0.1) is 6.04 Å². The number of urea groups is 1. The van der Waals surface area contributed by atoms with Crippen molar-refractivity contribution in [3.63, 3.8) is 0 Å². The Labute approximate surface area is 169 Å². The number of nitrogens with one attached hydrogen (secondary N) is 1. The number of halogens is 1. The topological polar surface area (TPSA) is 55.9 Å². The molecule has 2 aliphatic rings. The maximum absolute atomic E-state index is 12.6. The van der Waals surface area contributed by atoms with Crippen LogP contribution in [0.5, 0.6) is 0 Å². The van der Waals surface area contributed by atoms with Crippen molar-refractivity contribution in [2.75, 3.05) is 42.5 Å². The van der Waals surface area contributed by atoms with Gasteiger partial charge in [-0.05, 0) is 36.4 Å². The summed E-state index contributed by atoms with van der Waals surface area (Å²) >= 11 is 5.92. The highest BCUT2D eigenvalue weighted by Gasteiger charge is 2.33. The van der Waals surface area contributed by atoms with E-state index in [0.717, 1.165) is 18.8 Å². The first-order chi connectivity index (χ1) is 13.6. The van der Waals surface area contributed by atoms with E-state index in [1.807, 2.05) is 35.2 Å². The minimum absolute atomic E-state index is 0.0153. The SMILES string of the molecule is O=C(NC1CC(=O)N(c2ccc(Cl)cc2)C1)N1CCN(c2ccccc2)CC1. The number of rotatable bonds is 3. The number of para-hydroxylation sites is 1. The van der Waals surface area contributed by atoms with Crippen LogP contribution >= 0.6 is 11.6 Å². The van der Waals surface area contributed by atoms with E-state index >= 15 is 0 Å². The molecule has 0 aromatic heterocycles. The molecule has 4 rings (SSSR count). The normalized spacial score (nSPS) is 19.8. The van der Waals surface area contributed by atoms with Crippen LogP contribution in [0.4, 0.5) is 16.2 Å². The molecule has 2 heterocycles. The van der Waals surface area contributed by atoms with E-state index < -0.39 is 0 Å². The van der Waals surface area contributed by atoms with Gasteiger partial charge in [-0.3, -0.25) is 4.79 Å². The third-order valence-electron chi connectivity index (χ3n) is 5.28. The number of nitrogens with zero attached hydrogens (tertiary/aromatic N) is 3. The summed E-state index contributed by atoms with van der Waals surface area (Å²) in [5, 5.41) is 3.66. The Kier molecular flexibility index (Phi) is 5.39. The second kappa shape index (κ2) is 8.10. The van der Waals surface area contributed by atoms with Gasteiger partial charge in [-0.1, -0.05) is 29.8 Å². The highest BCUT2D eigenvalue weighted by atomic mass is 35.5. The Morgan fingerprint density at radius 3 is 2.29 bits per heavy atom. The Balaban J connectivity index is 1.30. The van der Waals surface area contributed by atoms with Crippen LogP contribution < -0.4 is 15.1 Å². The maximum atomic E-state index is 12.6. The molecule has 2 aliphatic heterocycles. The van der Waals surface area contributed by atoms with Crippen molar-refractivity contribution < 1.29 is 9.59 Å². The number of piperazine rings is 1. The van der Waals surface area contributed by atoms with E-state index in [1.54, 1.807) is 17.0 Å². The maximum Gasteiger partial charge on any atom is 0.317 e. The van der Waals surface area contributed by atoms with Gasteiger partial charge in [0.15, 0.2) is 0 Å². The summed E-state index contributed by atoms with van der Waals surface area (Å²) in [5.41, 5.74) is 1.99. The predicted molar refractivity (Wildman–Crippen MR) is 111 cm³/mol. The first-order valence-electron chi connectivity index (χ1n) is 9.51. The molecule has 146 valence electrons. The van der Waals surface area contributed by atoms with Crippen molar-refractivity contribution in [2.45, 2.75) is 12.5 Å². The molecule has 28 heavy (non-hydrogen) atoms. The minimum atomic E-state index is -0.178. The molecule has 1 atom stereocenters. The fraction of sp³-hybridized carbons (Fsp3) is 0.333. The lowest BCUT2D eigenvalue weighted by Gasteiger charge is -2.36. The number of benzene rings is 2. The number of hydrogen-bond donors (Lipinski definition) is 1. The Morgan fingerprint density at radius 2 is 1.61 bits per heavy atom. The van der Waals surface area contributed by atoms with Crippen LogP contribution in [0.25, 0.3) is 0 Å². The zero-order valence-electron chi connectivity index (χ0n) is 15.6. The Hall–Kier alpha value is -2.73. The van der Waals surface area contributed by atoms with E-state index in [1.165, 1.54) is 5.69 Å². The summed E-state index contributed by atoms with van der Waals surface area (Å²) in [5.74, 6) is 0.0153. The molecule has 0 aliphatic carbocycles. The minimum Gasteiger partial charge on any atom is -0.368 e. The number of carbonyl (C=O) groups excluding carboxylic acids is 2. The lowest BCUT2D eigenvalue weighted by molar-refractivity contribution is -0.117. The Morgan fingerprint density at radius 1 is 0.929 bits per heavy atom. The lowest BCUT2D eigenvalue weighted by atomic mass is 10.2. The van der Waals surface area contributed by atoms with Gasteiger partial charge in [0.2, 0.25) is 5.91 Å². The molecule has 0 spiro atoms. The van der Waals surface area contributed by atoms with Gasteiger partial charge >= 0.3 is 6.03 Å². The van der Waals surface area contributed by atoms with Crippen LogP contribution in [0.3, 0.4) is 0 Å². The summed E-state index contributed by atoms with van der Waals surface area (Å²) in [6.45, 7) is 3.43. The average Bonchev–Trinajstić information content (AvgIpc) is 3.09. The van der Waals surface area contributed by atoms with Crippen molar-refractivity contribution >= 4 is 34.9 Å². The zero-order valence-corrected chi connectivity index (χ0v) is 16.3. The fourth-order valence-corrected chi connectivity index (χ4v) is 3.87. The van der Waals surface area contributed by atoms with Crippen LogP contribution in [-0.4, -0.2) is 55.6 Å². The van der Waals surface area contributed by atoms with E-state index in [2.05, 4.69) is 22.3 Å². The van der Waals surface area contributed by atoms with E-state index in [4.69, 9.17) is 11.6 Å². The molecule has 1 unspecified atom stereocenters. The number of hydrogen-bond acceptors (Lipinski definition) is 3. The molecule has 2 aromatic rings. The number of amides is 3. The standard InChI is InChI=1S/C21H23ClN4O2/c22-16-6-8-19(9-7-16)26-15-17(14-20(26)27)23-21(28)25-12-10-24(11-13-25)18-4-2-1-3-5-18/h1-9,17H,10-15H2,(H,23,28). The monoisotopic (exact) mass is 398 g/mol. The lowest BCUT2D eigenvalue weighted by Crippen LogP contribution is -2.53. The summed E-state index contributed by atoms with van der Waals surface area (Å²) in [6, 6.07) is 17.1. The smallest absolute Gasteiger partial charge is 0.317 e. The summed E-state index contributed by atoms with van der Waals surface area (Å²) in [6.07, 6.45) is 0.318. The highest BCUT2D eigenvalue weighted by Crippen LogP contribution is 2.23. The van der Waals surface area contributed by atoms with Crippen molar-refractivity contribution in [3.8, 4) is 0 Å². The molecule has 0 saturated carbocycles. The first kappa shape index (κ1) is 18.6. The third kappa shape index (κ3) is 4.07. The van der Waals surface area contributed by atoms with E-state index in [-0.39, 0.29) is 18.0 Å². The molecule has 2 aromatic carbocycles. The van der Waals surface area contributed by atoms with E-state index in [0.29, 0.717) is 31.1 Å². The summed E-state index contributed by atoms with van der Waals surface area (Å²) < 4.78 is 0. The summed E-state index contributed by atoms with van der Waals surface area (Å²) in [4.78, 5) is 30.8. The van der Waals surface area contributed by atoms with Gasteiger partial charge in [-0.15, -0.1) is 0 Å². The quantitative estimate of drug-likeness (QED) is 0.864. The third-order valence-corrected chi connectivity index (χ3v) is 5.53. The predicted octanol–water partition coefficient (Wildman–Crippen LogP) is 2.98. The van der Waals surface area contributed by atoms with Crippen molar-refractivity contribution in [1.29, 1.82) is 0 Å². The van der Waals surface area contributed by atoms with Crippen molar-refractivity contribution in [2.24, 2.45) is 0 Å². The molecule has 6 nitrogen and oxygen atoms in total. The van der Waals surface area contributed by atoms with Crippen LogP contribution in [0, 0.1) is 0 Å². The van der Waals surface area contributed by atoms with Gasteiger partial charge < -0.3 is 20.0 Å².